The topological polar surface area (TPSA) is 119 Å². The minimum absolute atomic E-state index is 0.00270. The lowest BCUT2D eigenvalue weighted by atomic mass is 10.0. The molecule has 9 nitrogen and oxygen atoms in total. The molecule has 1 aromatic carbocycles. The summed E-state index contributed by atoms with van der Waals surface area (Å²) in [5, 5.41) is 12.1. The highest BCUT2D eigenvalue weighted by atomic mass is 16.5. The quantitative estimate of drug-likeness (QED) is 0.544. The van der Waals surface area contributed by atoms with Gasteiger partial charge in [0.25, 0.3) is 5.91 Å². The number of anilines is 1. The molecule has 0 aliphatic carbocycles. The van der Waals surface area contributed by atoms with Crippen molar-refractivity contribution < 1.29 is 24.1 Å². The normalized spacial score (nSPS) is 21.5. The van der Waals surface area contributed by atoms with E-state index >= 15 is 0 Å². The zero-order valence-corrected chi connectivity index (χ0v) is 18.7. The van der Waals surface area contributed by atoms with Crippen molar-refractivity contribution in [3.63, 3.8) is 0 Å². The van der Waals surface area contributed by atoms with Crippen molar-refractivity contribution in [1.82, 2.24) is 15.2 Å². The smallest absolute Gasteiger partial charge is 0.255 e. The first-order valence-corrected chi connectivity index (χ1v) is 11.4. The van der Waals surface area contributed by atoms with Crippen molar-refractivity contribution in [3.8, 4) is 16.9 Å². The molecule has 178 valence electrons. The average Bonchev–Trinajstić information content (AvgIpc) is 2.86. The first-order valence-electron chi connectivity index (χ1n) is 11.4. The van der Waals surface area contributed by atoms with Crippen molar-refractivity contribution in [1.29, 1.82) is 0 Å². The number of pyridine rings is 1. The first kappa shape index (κ1) is 23.4. The second kappa shape index (κ2) is 11.4. The molecule has 0 saturated carbocycles. The van der Waals surface area contributed by atoms with Gasteiger partial charge in [-0.1, -0.05) is 12.1 Å². The number of aliphatic hydroxyl groups is 1. The third-order valence-electron chi connectivity index (χ3n) is 6.04. The van der Waals surface area contributed by atoms with E-state index in [1.807, 2.05) is 24.3 Å². The van der Waals surface area contributed by atoms with E-state index in [1.54, 1.807) is 12.3 Å². The number of nitrogen functional groups attached to an aromatic ring is 1. The number of hydrogen-bond donors (Lipinski definition) is 3. The molecule has 33 heavy (non-hydrogen) atoms. The molecule has 4 N–H and O–H groups in total. The van der Waals surface area contributed by atoms with Gasteiger partial charge in [-0.25, -0.2) is 4.98 Å². The number of carbonyl (C=O) groups is 1. The SMILES string of the molecule is Nc1ncc(-c2ccc(OCCN3CCOCC3)cc2)cc1C(=O)N[C@@H]1CC[C@@H](CO)OC1. The van der Waals surface area contributed by atoms with Gasteiger partial charge in [0.15, 0.2) is 0 Å². The van der Waals surface area contributed by atoms with E-state index in [0.717, 1.165) is 56.1 Å². The number of ether oxygens (including phenoxy) is 3. The Morgan fingerprint density at radius 3 is 2.70 bits per heavy atom. The van der Waals surface area contributed by atoms with Crippen LogP contribution in [0.2, 0.25) is 0 Å². The molecule has 0 unspecified atom stereocenters. The van der Waals surface area contributed by atoms with Crippen molar-refractivity contribution >= 4 is 11.7 Å². The molecule has 0 radical (unpaired) electrons. The van der Waals surface area contributed by atoms with Gasteiger partial charge >= 0.3 is 0 Å². The minimum atomic E-state index is -0.277. The second-order valence-electron chi connectivity index (χ2n) is 8.37. The lowest BCUT2D eigenvalue weighted by Gasteiger charge is -2.28. The van der Waals surface area contributed by atoms with Crippen LogP contribution in [-0.4, -0.2) is 85.7 Å². The fraction of sp³-hybridized carbons (Fsp3) is 0.500. The number of hydrogen-bond acceptors (Lipinski definition) is 8. The van der Waals surface area contributed by atoms with E-state index in [2.05, 4.69) is 15.2 Å². The number of nitrogens with two attached hydrogens (primary N) is 1. The van der Waals surface area contributed by atoms with Gasteiger partial charge in [-0.15, -0.1) is 0 Å². The van der Waals surface area contributed by atoms with Gasteiger partial charge in [-0.05, 0) is 36.6 Å². The summed E-state index contributed by atoms with van der Waals surface area (Å²) in [4.78, 5) is 19.4. The molecule has 1 amide bonds. The molecule has 0 bridgehead atoms. The number of aromatic nitrogens is 1. The number of aliphatic hydroxyl groups excluding tert-OH is 1. The number of rotatable bonds is 8. The fourth-order valence-electron chi connectivity index (χ4n) is 4.00. The number of benzene rings is 1. The Hall–Kier alpha value is -2.72. The number of carbonyl (C=O) groups excluding carboxylic acids is 1. The molecule has 2 saturated heterocycles. The van der Waals surface area contributed by atoms with E-state index in [4.69, 9.17) is 19.9 Å². The maximum Gasteiger partial charge on any atom is 0.255 e. The van der Waals surface area contributed by atoms with Crippen LogP contribution < -0.4 is 15.8 Å². The summed E-state index contributed by atoms with van der Waals surface area (Å²) in [6.07, 6.45) is 2.96. The Morgan fingerprint density at radius 2 is 2.00 bits per heavy atom. The van der Waals surface area contributed by atoms with Gasteiger partial charge in [0.1, 0.15) is 18.2 Å². The standard InChI is InChI=1S/C24H32N4O5/c25-23-22(24(30)27-19-3-6-21(15-29)33-16-19)13-18(14-26-23)17-1-4-20(5-2-17)32-12-9-28-7-10-31-11-8-28/h1-2,4-5,13-14,19,21,29H,3,6-12,15-16H2,(H2,25,26)(H,27,30)/t19-,21+/m1/s1. The van der Waals surface area contributed by atoms with Gasteiger partial charge in [0.2, 0.25) is 0 Å². The lowest BCUT2D eigenvalue weighted by Crippen LogP contribution is -2.43. The summed E-state index contributed by atoms with van der Waals surface area (Å²) in [7, 11) is 0. The van der Waals surface area contributed by atoms with Crippen LogP contribution in [0.4, 0.5) is 5.82 Å². The van der Waals surface area contributed by atoms with Crippen LogP contribution in [0.15, 0.2) is 36.5 Å². The van der Waals surface area contributed by atoms with Crippen LogP contribution in [0.5, 0.6) is 5.75 Å². The summed E-state index contributed by atoms with van der Waals surface area (Å²) in [6.45, 7) is 5.31. The minimum Gasteiger partial charge on any atom is -0.492 e. The zero-order chi connectivity index (χ0) is 23.0. The maximum absolute atomic E-state index is 12.8. The molecule has 3 heterocycles. The molecular weight excluding hydrogens is 424 g/mol. The third-order valence-corrected chi connectivity index (χ3v) is 6.04. The summed E-state index contributed by atoms with van der Waals surface area (Å²) >= 11 is 0. The Labute approximate surface area is 193 Å². The molecule has 1 aromatic heterocycles. The van der Waals surface area contributed by atoms with Crippen molar-refractivity contribution in [2.75, 3.05) is 58.4 Å². The van der Waals surface area contributed by atoms with Gasteiger partial charge in [0, 0.05) is 31.4 Å². The highest BCUT2D eigenvalue weighted by Gasteiger charge is 2.24. The van der Waals surface area contributed by atoms with Crippen LogP contribution in [0.25, 0.3) is 11.1 Å². The first-order chi connectivity index (χ1) is 16.1. The number of nitrogens with one attached hydrogen (secondary N) is 1. The van der Waals surface area contributed by atoms with Crippen LogP contribution >= 0.6 is 0 Å². The predicted molar refractivity (Wildman–Crippen MR) is 124 cm³/mol. The predicted octanol–water partition coefficient (Wildman–Crippen LogP) is 1.31. The fourth-order valence-corrected chi connectivity index (χ4v) is 4.00. The van der Waals surface area contributed by atoms with Gasteiger partial charge in [-0.2, -0.15) is 0 Å². The molecular formula is C24H32N4O5. The molecule has 2 aliphatic heterocycles. The highest BCUT2D eigenvalue weighted by Crippen LogP contribution is 2.25. The van der Waals surface area contributed by atoms with E-state index in [1.165, 1.54) is 0 Å². The van der Waals surface area contributed by atoms with Crippen molar-refractivity contribution in [3.05, 3.63) is 42.1 Å². The van der Waals surface area contributed by atoms with Crippen molar-refractivity contribution in [2.24, 2.45) is 0 Å². The van der Waals surface area contributed by atoms with Crippen LogP contribution in [-0.2, 0) is 9.47 Å². The number of amides is 1. The van der Waals surface area contributed by atoms with Crippen LogP contribution in [0.1, 0.15) is 23.2 Å². The molecule has 9 heteroatoms. The zero-order valence-electron chi connectivity index (χ0n) is 18.7. The van der Waals surface area contributed by atoms with Crippen molar-refractivity contribution in [2.45, 2.75) is 25.0 Å². The van der Waals surface area contributed by atoms with Gasteiger partial charge < -0.3 is 30.4 Å². The summed E-state index contributed by atoms with van der Waals surface area (Å²) in [6, 6.07) is 9.37. The summed E-state index contributed by atoms with van der Waals surface area (Å²) in [5.41, 5.74) is 8.05. The number of morpholine rings is 1. The Bertz CT molecular complexity index is 910. The Morgan fingerprint density at radius 1 is 1.21 bits per heavy atom. The molecule has 2 aromatic rings. The summed E-state index contributed by atoms with van der Waals surface area (Å²) in [5.74, 6) is 0.706. The summed E-state index contributed by atoms with van der Waals surface area (Å²) < 4.78 is 16.8. The van der Waals surface area contributed by atoms with Crippen LogP contribution in [0.3, 0.4) is 0 Å². The van der Waals surface area contributed by atoms with E-state index < -0.39 is 0 Å². The highest BCUT2D eigenvalue weighted by molar-refractivity contribution is 5.99. The largest absolute Gasteiger partial charge is 0.492 e. The molecule has 0 spiro atoms. The van der Waals surface area contributed by atoms with E-state index in [9.17, 15) is 9.90 Å². The van der Waals surface area contributed by atoms with E-state index in [-0.39, 0.29) is 30.5 Å². The molecule has 2 aliphatic rings. The van der Waals surface area contributed by atoms with Crippen LogP contribution in [0, 0.1) is 0 Å². The Kier molecular flexibility index (Phi) is 8.11. The Balaban J connectivity index is 1.34. The monoisotopic (exact) mass is 456 g/mol. The molecule has 2 atom stereocenters. The van der Waals surface area contributed by atoms with E-state index in [0.29, 0.717) is 25.2 Å². The van der Waals surface area contributed by atoms with Gasteiger partial charge in [0.05, 0.1) is 44.1 Å². The number of nitrogens with zero attached hydrogens (tertiary/aromatic N) is 2. The molecule has 2 fully saturated rings. The van der Waals surface area contributed by atoms with Gasteiger partial charge in [-0.3, -0.25) is 9.69 Å². The average molecular weight is 457 g/mol. The molecule has 4 rings (SSSR count). The maximum atomic E-state index is 12.8. The third kappa shape index (κ3) is 6.42. The second-order valence-corrected chi connectivity index (χ2v) is 8.37. The lowest BCUT2D eigenvalue weighted by molar-refractivity contribution is -0.0305.